The first-order valence-electron chi connectivity index (χ1n) is 5.09. The van der Waals surface area contributed by atoms with E-state index in [-0.39, 0.29) is 11.3 Å². The molecule has 0 radical (unpaired) electrons. The fraction of sp³-hybridized carbons (Fsp3) is 0.750. The number of carbonyl (C=O) groups excluding carboxylic acids is 1. The van der Waals surface area contributed by atoms with Crippen LogP contribution in [0.2, 0.25) is 0 Å². The minimum absolute atomic E-state index is 0.0139. The SMILES string of the molecule is CC1C=C(C(C)(C)C)C(=O)C(C)C1. The molecule has 0 spiro atoms. The van der Waals surface area contributed by atoms with Gasteiger partial charge in [0.1, 0.15) is 0 Å². The first-order chi connectivity index (χ1) is 5.82. The Morgan fingerprint density at radius 3 is 2.31 bits per heavy atom. The number of Topliss-reactive ketones (excluding diaryl/α,β-unsaturated/α-hetero) is 1. The van der Waals surface area contributed by atoms with Crippen molar-refractivity contribution in [1.29, 1.82) is 0 Å². The van der Waals surface area contributed by atoms with Crippen molar-refractivity contribution < 1.29 is 4.79 Å². The summed E-state index contributed by atoms with van der Waals surface area (Å²) in [6.07, 6.45) is 3.17. The van der Waals surface area contributed by atoms with Gasteiger partial charge < -0.3 is 0 Å². The number of carbonyl (C=O) groups is 1. The molecule has 0 heterocycles. The van der Waals surface area contributed by atoms with Gasteiger partial charge in [0.05, 0.1) is 0 Å². The Balaban J connectivity index is 3.00. The van der Waals surface area contributed by atoms with Gasteiger partial charge in [-0.25, -0.2) is 0 Å². The van der Waals surface area contributed by atoms with Crippen molar-refractivity contribution in [2.45, 2.75) is 41.0 Å². The Kier molecular flexibility index (Phi) is 2.65. The van der Waals surface area contributed by atoms with E-state index in [1.54, 1.807) is 0 Å². The van der Waals surface area contributed by atoms with Gasteiger partial charge in [-0.15, -0.1) is 0 Å². The third kappa shape index (κ3) is 2.20. The average Bonchev–Trinajstić information content (AvgIpc) is 1.94. The lowest BCUT2D eigenvalue weighted by molar-refractivity contribution is -0.120. The van der Waals surface area contributed by atoms with Crippen molar-refractivity contribution in [3.05, 3.63) is 11.6 Å². The van der Waals surface area contributed by atoms with Gasteiger partial charge in [-0.2, -0.15) is 0 Å². The van der Waals surface area contributed by atoms with Crippen LogP contribution < -0.4 is 0 Å². The van der Waals surface area contributed by atoms with Gasteiger partial charge >= 0.3 is 0 Å². The summed E-state index contributed by atoms with van der Waals surface area (Å²) in [7, 11) is 0. The second kappa shape index (κ2) is 3.28. The molecule has 0 saturated carbocycles. The maximum atomic E-state index is 11.8. The number of rotatable bonds is 0. The molecule has 13 heavy (non-hydrogen) atoms. The Labute approximate surface area is 81.2 Å². The van der Waals surface area contributed by atoms with Crippen molar-refractivity contribution in [2.24, 2.45) is 17.3 Å². The van der Waals surface area contributed by atoms with Crippen LogP contribution in [-0.2, 0) is 4.79 Å². The Morgan fingerprint density at radius 2 is 1.85 bits per heavy atom. The predicted octanol–water partition coefficient (Wildman–Crippen LogP) is 3.20. The van der Waals surface area contributed by atoms with E-state index in [4.69, 9.17) is 0 Å². The molecule has 0 amide bonds. The minimum atomic E-state index is 0.0139. The van der Waals surface area contributed by atoms with E-state index < -0.39 is 0 Å². The first kappa shape index (κ1) is 10.5. The van der Waals surface area contributed by atoms with Gasteiger partial charge in [-0.3, -0.25) is 4.79 Å². The largest absolute Gasteiger partial charge is 0.294 e. The van der Waals surface area contributed by atoms with Crippen LogP contribution in [0.4, 0.5) is 0 Å². The molecular formula is C12H20O. The highest BCUT2D eigenvalue weighted by atomic mass is 16.1. The predicted molar refractivity (Wildman–Crippen MR) is 55.5 cm³/mol. The molecule has 1 heteroatoms. The van der Waals surface area contributed by atoms with Crippen LogP contribution in [0.25, 0.3) is 0 Å². The third-order valence-electron chi connectivity index (χ3n) is 2.70. The van der Waals surface area contributed by atoms with Gasteiger partial charge in [0.15, 0.2) is 5.78 Å². The fourth-order valence-electron chi connectivity index (χ4n) is 1.98. The maximum Gasteiger partial charge on any atom is 0.161 e. The topological polar surface area (TPSA) is 17.1 Å². The second-order valence-corrected chi connectivity index (χ2v) is 5.31. The van der Waals surface area contributed by atoms with Gasteiger partial charge in [0, 0.05) is 5.92 Å². The monoisotopic (exact) mass is 180 g/mol. The molecule has 0 fully saturated rings. The van der Waals surface area contributed by atoms with E-state index in [2.05, 4.69) is 33.8 Å². The van der Waals surface area contributed by atoms with Crippen LogP contribution in [0.5, 0.6) is 0 Å². The highest BCUT2D eigenvalue weighted by Crippen LogP contribution is 2.35. The highest BCUT2D eigenvalue weighted by Gasteiger charge is 2.31. The number of ketones is 1. The summed E-state index contributed by atoms with van der Waals surface area (Å²) < 4.78 is 0. The summed E-state index contributed by atoms with van der Waals surface area (Å²) >= 11 is 0. The lowest BCUT2D eigenvalue weighted by Crippen LogP contribution is -2.28. The molecule has 1 aliphatic rings. The van der Waals surface area contributed by atoms with Crippen molar-refractivity contribution in [1.82, 2.24) is 0 Å². The standard InChI is InChI=1S/C12H20O/c1-8-6-9(2)11(13)10(7-8)12(3,4)5/h7-9H,6H2,1-5H3. The highest BCUT2D eigenvalue weighted by molar-refractivity contribution is 5.98. The van der Waals surface area contributed by atoms with Crippen LogP contribution >= 0.6 is 0 Å². The molecule has 0 aromatic rings. The lowest BCUT2D eigenvalue weighted by Gasteiger charge is -2.30. The molecule has 2 atom stereocenters. The Hall–Kier alpha value is -0.590. The van der Waals surface area contributed by atoms with E-state index in [1.807, 2.05) is 6.92 Å². The molecule has 0 aliphatic heterocycles. The van der Waals surface area contributed by atoms with E-state index in [0.29, 0.717) is 11.7 Å². The summed E-state index contributed by atoms with van der Waals surface area (Å²) in [5.74, 6) is 1.13. The van der Waals surface area contributed by atoms with E-state index in [0.717, 1.165) is 12.0 Å². The summed E-state index contributed by atoms with van der Waals surface area (Å²) in [6, 6.07) is 0. The van der Waals surface area contributed by atoms with Gasteiger partial charge in [0.25, 0.3) is 0 Å². The molecule has 0 saturated heterocycles. The molecule has 2 unspecified atom stereocenters. The molecule has 0 bridgehead atoms. The van der Waals surface area contributed by atoms with E-state index in [1.165, 1.54) is 0 Å². The quantitative estimate of drug-likeness (QED) is 0.559. The Morgan fingerprint density at radius 1 is 1.31 bits per heavy atom. The van der Waals surface area contributed by atoms with E-state index >= 15 is 0 Å². The molecule has 0 aromatic heterocycles. The van der Waals surface area contributed by atoms with Crippen molar-refractivity contribution in [3.63, 3.8) is 0 Å². The summed E-state index contributed by atoms with van der Waals surface area (Å²) in [6.45, 7) is 10.6. The number of allylic oxidation sites excluding steroid dienone is 2. The summed E-state index contributed by atoms with van der Waals surface area (Å²) in [5, 5.41) is 0. The van der Waals surface area contributed by atoms with Crippen molar-refractivity contribution in [2.75, 3.05) is 0 Å². The second-order valence-electron chi connectivity index (χ2n) is 5.31. The molecule has 74 valence electrons. The number of hydrogen-bond donors (Lipinski definition) is 0. The third-order valence-corrected chi connectivity index (χ3v) is 2.70. The van der Waals surface area contributed by atoms with Crippen molar-refractivity contribution >= 4 is 5.78 Å². The molecule has 0 aromatic carbocycles. The van der Waals surface area contributed by atoms with Crippen LogP contribution in [0.15, 0.2) is 11.6 Å². The average molecular weight is 180 g/mol. The van der Waals surface area contributed by atoms with Crippen molar-refractivity contribution in [3.8, 4) is 0 Å². The smallest absolute Gasteiger partial charge is 0.161 e. The van der Waals surface area contributed by atoms with Gasteiger partial charge in [-0.05, 0) is 23.3 Å². The fourth-order valence-corrected chi connectivity index (χ4v) is 1.98. The van der Waals surface area contributed by atoms with Gasteiger partial charge in [0.2, 0.25) is 0 Å². The zero-order valence-electron chi connectivity index (χ0n) is 9.35. The van der Waals surface area contributed by atoms with Crippen LogP contribution in [0.3, 0.4) is 0 Å². The molecule has 1 rings (SSSR count). The van der Waals surface area contributed by atoms with Crippen LogP contribution in [-0.4, -0.2) is 5.78 Å². The molecule has 1 nitrogen and oxygen atoms in total. The normalized spacial score (nSPS) is 30.2. The lowest BCUT2D eigenvalue weighted by atomic mass is 9.73. The minimum Gasteiger partial charge on any atom is -0.294 e. The molecule has 0 N–H and O–H groups in total. The maximum absolute atomic E-state index is 11.8. The van der Waals surface area contributed by atoms with Crippen LogP contribution in [0.1, 0.15) is 41.0 Å². The van der Waals surface area contributed by atoms with Gasteiger partial charge in [-0.1, -0.05) is 40.7 Å². The number of hydrogen-bond acceptors (Lipinski definition) is 1. The van der Waals surface area contributed by atoms with E-state index in [9.17, 15) is 4.79 Å². The van der Waals surface area contributed by atoms with Crippen LogP contribution in [0, 0.1) is 17.3 Å². The molecular weight excluding hydrogens is 160 g/mol. The summed E-state index contributed by atoms with van der Waals surface area (Å²) in [4.78, 5) is 11.8. The Bertz CT molecular complexity index is 242. The summed E-state index contributed by atoms with van der Waals surface area (Å²) in [5.41, 5.74) is 1.04. The first-order valence-corrected chi connectivity index (χ1v) is 5.09. The molecule has 1 aliphatic carbocycles. The zero-order valence-corrected chi connectivity index (χ0v) is 9.35. The zero-order chi connectivity index (χ0) is 10.2.